The number of rotatable bonds is 0. The van der Waals surface area contributed by atoms with Crippen LogP contribution in [0.25, 0.3) is 0 Å². The van der Waals surface area contributed by atoms with E-state index in [1.807, 2.05) is 18.2 Å². The van der Waals surface area contributed by atoms with Gasteiger partial charge in [0.2, 0.25) is 0 Å². The molecule has 0 aromatic heterocycles. The third kappa shape index (κ3) is 1.74. The molecule has 2 aliphatic heterocycles. The van der Waals surface area contributed by atoms with E-state index < -0.39 is 0 Å². The van der Waals surface area contributed by atoms with Crippen molar-refractivity contribution < 1.29 is 4.74 Å². The maximum absolute atomic E-state index is 6.29. The molecule has 3 heteroatoms. The standard InChI is InChI=1S/C14H20N2O/c1-10-7-14(9-16(10)2)8-12(15)11-5-3-4-6-13(11)17-14/h3-6,10,12H,7-9,15H2,1-2H3. The summed E-state index contributed by atoms with van der Waals surface area (Å²) in [6, 6.07) is 8.86. The molecule has 2 heterocycles. The Bertz CT molecular complexity index is 422. The largest absolute Gasteiger partial charge is 0.485 e. The summed E-state index contributed by atoms with van der Waals surface area (Å²) in [5, 5.41) is 0. The van der Waals surface area contributed by atoms with Gasteiger partial charge in [-0.15, -0.1) is 0 Å². The van der Waals surface area contributed by atoms with E-state index in [1.54, 1.807) is 0 Å². The van der Waals surface area contributed by atoms with Crippen LogP contribution in [0.15, 0.2) is 24.3 Å². The van der Waals surface area contributed by atoms with Gasteiger partial charge < -0.3 is 10.5 Å². The topological polar surface area (TPSA) is 38.5 Å². The molecule has 1 aromatic carbocycles. The van der Waals surface area contributed by atoms with E-state index in [1.165, 1.54) is 0 Å². The number of nitrogens with two attached hydrogens (primary N) is 1. The van der Waals surface area contributed by atoms with Crippen molar-refractivity contribution in [1.82, 2.24) is 4.90 Å². The van der Waals surface area contributed by atoms with E-state index in [4.69, 9.17) is 10.5 Å². The molecule has 1 fully saturated rings. The fraction of sp³-hybridized carbons (Fsp3) is 0.571. The van der Waals surface area contributed by atoms with Gasteiger partial charge in [-0.3, -0.25) is 4.90 Å². The maximum atomic E-state index is 6.29. The first kappa shape index (κ1) is 11.1. The number of likely N-dealkylation sites (tertiary alicyclic amines) is 1. The van der Waals surface area contributed by atoms with Gasteiger partial charge in [0.05, 0.1) is 0 Å². The van der Waals surface area contributed by atoms with Crippen molar-refractivity contribution in [1.29, 1.82) is 0 Å². The van der Waals surface area contributed by atoms with Gasteiger partial charge >= 0.3 is 0 Å². The van der Waals surface area contributed by atoms with E-state index in [0.717, 1.165) is 30.7 Å². The highest BCUT2D eigenvalue weighted by atomic mass is 16.5. The fourth-order valence-corrected chi connectivity index (χ4v) is 3.26. The lowest BCUT2D eigenvalue weighted by Crippen LogP contribution is -2.44. The van der Waals surface area contributed by atoms with E-state index >= 15 is 0 Å². The van der Waals surface area contributed by atoms with Crippen LogP contribution in [0.1, 0.15) is 31.4 Å². The van der Waals surface area contributed by atoms with Gasteiger partial charge in [0, 0.05) is 37.0 Å². The molecule has 1 aromatic rings. The number of ether oxygens (including phenoxy) is 1. The first-order valence-electron chi connectivity index (χ1n) is 6.33. The highest BCUT2D eigenvalue weighted by Gasteiger charge is 2.46. The van der Waals surface area contributed by atoms with E-state index in [9.17, 15) is 0 Å². The van der Waals surface area contributed by atoms with Crippen LogP contribution in [-0.4, -0.2) is 30.1 Å². The Labute approximate surface area is 103 Å². The number of para-hydroxylation sites is 1. The molecule has 0 bridgehead atoms. The Morgan fingerprint density at radius 2 is 2.12 bits per heavy atom. The lowest BCUT2D eigenvalue weighted by molar-refractivity contribution is 0.0463. The number of fused-ring (bicyclic) bond motifs is 1. The minimum atomic E-state index is -0.0675. The summed E-state index contributed by atoms with van der Waals surface area (Å²) in [5.41, 5.74) is 7.38. The molecule has 17 heavy (non-hydrogen) atoms. The summed E-state index contributed by atoms with van der Waals surface area (Å²) < 4.78 is 6.27. The lowest BCUT2D eigenvalue weighted by Gasteiger charge is -2.38. The van der Waals surface area contributed by atoms with E-state index in [0.29, 0.717) is 6.04 Å². The number of benzene rings is 1. The molecule has 3 nitrogen and oxygen atoms in total. The zero-order valence-corrected chi connectivity index (χ0v) is 10.5. The SMILES string of the molecule is CC1CC2(CC(N)c3ccccc3O2)CN1C. The van der Waals surface area contributed by atoms with Gasteiger partial charge in [-0.2, -0.15) is 0 Å². The monoisotopic (exact) mass is 232 g/mol. The molecule has 92 valence electrons. The smallest absolute Gasteiger partial charge is 0.125 e. The number of likely N-dealkylation sites (N-methyl/N-ethyl adjacent to an activating group) is 1. The van der Waals surface area contributed by atoms with Gasteiger partial charge in [0.1, 0.15) is 11.4 Å². The second kappa shape index (κ2) is 3.72. The van der Waals surface area contributed by atoms with Gasteiger partial charge in [-0.25, -0.2) is 0 Å². The quantitative estimate of drug-likeness (QED) is 0.743. The van der Waals surface area contributed by atoms with Gasteiger partial charge in [0.25, 0.3) is 0 Å². The molecule has 3 rings (SSSR count). The average Bonchev–Trinajstić information content (AvgIpc) is 2.53. The molecule has 3 unspecified atom stereocenters. The second-order valence-corrected chi connectivity index (χ2v) is 5.60. The Hall–Kier alpha value is -1.06. The molecule has 0 amide bonds. The van der Waals surface area contributed by atoms with Crippen LogP contribution in [0.2, 0.25) is 0 Å². The Kier molecular flexibility index (Phi) is 2.42. The molecular weight excluding hydrogens is 212 g/mol. The third-order valence-corrected chi connectivity index (χ3v) is 4.19. The zero-order valence-electron chi connectivity index (χ0n) is 10.5. The molecular formula is C14H20N2O. The maximum Gasteiger partial charge on any atom is 0.125 e. The first-order valence-corrected chi connectivity index (χ1v) is 6.33. The predicted octanol–water partition coefficient (Wildman–Crippen LogP) is 1.93. The summed E-state index contributed by atoms with van der Waals surface area (Å²) in [5.74, 6) is 0.980. The fourth-order valence-electron chi connectivity index (χ4n) is 3.26. The molecule has 3 atom stereocenters. The van der Waals surface area contributed by atoms with Crippen molar-refractivity contribution >= 4 is 0 Å². The second-order valence-electron chi connectivity index (χ2n) is 5.60. The molecule has 0 saturated carbocycles. The van der Waals surface area contributed by atoms with Crippen molar-refractivity contribution in [3.05, 3.63) is 29.8 Å². The zero-order chi connectivity index (χ0) is 12.0. The summed E-state index contributed by atoms with van der Waals surface area (Å²) >= 11 is 0. The number of hydrogen-bond donors (Lipinski definition) is 1. The molecule has 1 saturated heterocycles. The van der Waals surface area contributed by atoms with Crippen LogP contribution in [0, 0.1) is 0 Å². The van der Waals surface area contributed by atoms with Crippen LogP contribution in [0.3, 0.4) is 0 Å². The molecule has 0 aliphatic carbocycles. The average molecular weight is 232 g/mol. The number of nitrogens with zero attached hydrogens (tertiary/aromatic N) is 1. The van der Waals surface area contributed by atoms with Gasteiger partial charge in [0.15, 0.2) is 0 Å². The van der Waals surface area contributed by atoms with E-state index in [2.05, 4.69) is 24.9 Å². The Balaban J connectivity index is 1.94. The van der Waals surface area contributed by atoms with Crippen LogP contribution < -0.4 is 10.5 Å². The summed E-state index contributed by atoms with van der Waals surface area (Å²) in [7, 11) is 2.16. The minimum absolute atomic E-state index is 0.0675. The van der Waals surface area contributed by atoms with Crippen molar-refractivity contribution in [3.63, 3.8) is 0 Å². The molecule has 2 aliphatic rings. The lowest BCUT2D eigenvalue weighted by atomic mass is 9.86. The number of hydrogen-bond acceptors (Lipinski definition) is 3. The van der Waals surface area contributed by atoms with Gasteiger partial charge in [-0.05, 0) is 20.0 Å². The summed E-state index contributed by atoms with van der Waals surface area (Å²) in [6.07, 6.45) is 2.00. The third-order valence-electron chi connectivity index (χ3n) is 4.19. The normalized spacial score (nSPS) is 36.9. The first-order chi connectivity index (χ1) is 8.10. The Morgan fingerprint density at radius 3 is 2.82 bits per heavy atom. The Morgan fingerprint density at radius 1 is 1.35 bits per heavy atom. The minimum Gasteiger partial charge on any atom is -0.485 e. The summed E-state index contributed by atoms with van der Waals surface area (Å²) in [4.78, 5) is 2.36. The van der Waals surface area contributed by atoms with E-state index in [-0.39, 0.29) is 11.6 Å². The van der Waals surface area contributed by atoms with Crippen molar-refractivity contribution in [2.75, 3.05) is 13.6 Å². The van der Waals surface area contributed by atoms with Crippen LogP contribution in [0.5, 0.6) is 5.75 Å². The van der Waals surface area contributed by atoms with Crippen LogP contribution >= 0.6 is 0 Å². The molecule has 1 spiro atoms. The summed E-state index contributed by atoms with van der Waals surface area (Å²) in [6.45, 7) is 3.24. The van der Waals surface area contributed by atoms with Gasteiger partial charge in [-0.1, -0.05) is 18.2 Å². The highest BCUT2D eigenvalue weighted by molar-refractivity contribution is 5.39. The van der Waals surface area contributed by atoms with Crippen molar-refractivity contribution in [3.8, 4) is 5.75 Å². The van der Waals surface area contributed by atoms with Crippen LogP contribution in [-0.2, 0) is 0 Å². The molecule has 0 radical (unpaired) electrons. The molecule has 2 N–H and O–H groups in total. The van der Waals surface area contributed by atoms with Crippen LogP contribution in [0.4, 0.5) is 0 Å². The van der Waals surface area contributed by atoms with Crippen molar-refractivity contribution in [2.24, 2.45) is 5.73 Å². The predicted molar refractivity (Wildman–Crippen MR) is 68.1 cm³/mol. The highest BCUT2D eigenvalue weighted by Crippen LogP contribution is 2.43. The van der Waals surface area contributed by atoms with Crippen molar-refractivity contribution in [2.45, 2.75) is 37.5 Å².